The van der Waals surface area contributed by atoms with Gasteiger partial charge in [-0.25, -0.2) is 15.0 Å². The highest BCUT2D eigenvalue weighted by atomic mass is 16.5. The van der Waals surface area contributed by atoms with Crippen molar-refractivity contribution in [3.63, 3.8) is 0 Å². The summed E-state index contributed by atoms with van der Waals surface area (Å²) in [5, 5.41) is 19.3. The van der Waals surface area contributed by atoms with Crippen LogP contribution < -0.4 is 0 Å². The quantitative estimate of drug-likeness (QED) is 0.753. The molecule has 0 bridgehead atoms. The molecule has 0 radical (unpaired) electrons. The van der Waals surface area contributed by atoms with E-state index in [-0.39, 0.29) is 24.3 Å². The zero-order valence-corrected chi connectivity index (χ0v) is 15.5. The number of fused-ring (bicyclic) bond motifs is 1. The molecule has 3 heterocycles. The second kappa shape index (κ2) is 7.14. The van der Waals surface area contributed by atoms with Crippen LogP contribution in [0.2, 0.25) is 0 Å². The average molecular weight is 375 g/mol. The molecule has 4 rings (SSSR count). The van der Waals surface area contributed by atoms with Gasteiger partial charge in [-0.15, -0.1) is 0 Å². The van der Waals surface area contributed by atoms with Crippen LogP contribution in [-0.2, 0) is 9.53 Å². The molecular weight excluding hydrogens is 350 g/mol. The fraction of sp³-hybridized carbons (Fsp3) is 0.667. The maximum Gasteiger partial charge on any atom is 0.226 e. The Hall–Kier alpha value is -2.10. The molecule has 2 aromatic rings. The maximum atomic E-state index is 12.6. The minimum absolute atomic E-state index is 0.0449. The molecule has 1 amide bonds. The largest absolute Gasteiger partial charge is 0.394 e. The Balaban J connectivity index is 1.59. The first-order chi connectivity index (χ1) is 13.1. The lowest BCUT2D eigenvalue weighted by atomic mass is 10.2. The van der Waals surface area contributed by atoms with E-state index in [1.807, 2.05) is 18.7 Å². The molecule has 0 spiro atoms. The third kappa shape index (κ3) is 3.09. The van der Waals surface area contributed by atoms with Crippen molar-refractivity contribution in [3.8, 4) is 0 Å². The molecule has 2 aromatic heterocycles. The number of hydrogen-bond donors (Lipinski definition) is 2. The van der Waals surface area contributed by atoms with Gasteiger partial charge in [-0.2, -0.15) is 0 Å². The molecule has 2 N–H and O–H groups in total. The molecule has 1 saturated carbocycles. The van der Waals surface area contributed by atoms with E-state index in [1.165, 1.54) is 6.33 Å². The Bertz CT molecular complexity index is 836. The molecule has 5 atom stereocenters. The zero-order chi connectivity index (χ0) is 19.1. The molecule has 9 nitrogen and oxygen atoms in total. The van der Waals surface area contributed by atoms with Crippen molar-refractivity contribution in [1.29, 1.82) is 0 Å². The van der Waals surface area contributed by atoms with E-state index in [4.69, 9.17) is 4.74 Å². The van der Waals surface area contributed by atoms with Crippen molar-refractivity contribution < 1.29 is 19.7 Å². The lowest BCUT2D eigenvalue weighted by Gasteiger charge is -2.18. The van der Waals surface area contributed by atoms with Gasteiger partial charge in [0.15, 0.2) is 5.65 Å². The summed E-state index contributed by atoms with van der Waals surface area (Å²) in [4.78, 5) is 27.7. The van der Waals surface area contributed by atoms with Crippen molar-refractivity contribution in [2.75, 3.05) is 19.7 Å². The highest BCUT2D eigenvalue weighted by Gasteiger charge is 2.47. The number of aliphatic hydroxyl groups excluding tert-OH is 2. The molecule has 1 aliphatic heterocycles. The number of aromatic nitrogens is 4. The van der Waals surface area contributed by atoms with Crippen LogP contribution in [0.5, 0.6) is 0 Å². The summed E-state index contributed by atoms with van der Waals surface area (Å²) in [6.07, 6.45) is 2.50. The molecular formula is C18H25N5O4. The molecule has 9 heteroatoms. The molecule has 1 aliphatic carbocycles. The van der Waals surface area contributed by atoms with Crippen LogP contribution in [0.3, 0.4) is 0 Å². The number of carbonyl (C=O) groups excluding carboxylic acids is 1. The van der Waals surface area contributed by atoms with Crippen molar-refractivity contribution >= 4 is 17.1 Å². The van der Waals surface area contributed by atoms with Gasteiger partial charge in [0.25, 0.3) is 0 Å². The van der Waals surface area contributed by atoms with Gasteiger partial charge in [0, 0.05) is 31.3 Å². The van der Waals surface area contributed by atoms with E-state index >= 15 is 0 Å². The van der Waals surface area contributed by atoms with Crippen LogP contribution in [0.15, 0.2) is 12.7 Å². The van der Waals surface area contributed by atoms with Gasteiger partial charge < -0.3 is 19.8 Å². The fourth-order valence-electron chi connectivity index (χ4n) is 3.94. The average Bonchev–Trinajstić information content (AvgIpc) is 3.21. The molecule has 2 aliphatic rings. The van der Waals surface area contributed by atoms with E-state index in [2.05, 4.69) is 15.0 Å². The van der Waals surface area contributed by atoms with Crippen molar-refractivity contribution in [2.24, 2.45) is 5.92 Å². The van der Waals surface area contributed by atoms with Crippen LogP contribution in [0.1, 0.15) is 44.5 Å². The number of imidazole rings is 1. The predicted molar refractivity (Wildman–Crippen MR) is 95.7 cm³/mol. The van der Waals surface area contributed by atoms with Gasteiger partial charge in [-0.1, -0.05) is 0 Å². The number of hydrogen-bond acceptors (Lipinski definition) is 7. The standard InChI is InChI=1S/C18H25N5O4/c1-3-22(4-2)18(26)11-5-10(11)15-16-17(20-8-19-15)23(9-21-16)14-6-12(25)13(7-24)27-14/h8-14,24-25H,3-7H2,1-2H3/t10-,11-,12-,13+,14+/m0/s1. The van der Waals surface area contributed by atoms with E-state index in [9.17, 15) is 15.0 Å². The van der Waals surface area contributed by atoms with Crippen LogP contribution in [0, 0.1) is 5.92 Å². The molecule has 1 saturated heterocycles. The topological polar surface area (TPSA) is 114 Å². The summed E-state index contributed by atoms with van der Waals surface area (Å²) in [5.74, 6) is 0.188. The Morgan fingerprint density at radius 3 is 2.74 bits per heavy atom. The summed E-state index contributed by atoms with van der Waals surface area (Å²) in [5.41, 5.74) is 2.08. The first kappa shape index (κ1) is 18.3. The third-order valence-corrected chi connectivity index (χ3v) is 5.62. The third-order valence-electron chi connectivity index (χ3n) is 5.62. The second-order valence-electron chi connectivity index (χ2n) is 7.16. The minimum Gasteiger partial charge on any atom is -0.394 e. The summed E-state index contributed by atoms with van der Waals surface area (Å²) >= 11 is 0. The Labute approximate surface area is 157 Å². The summed E-state index contributed by atoms with van der Waals surface area (Å²) in [7, 11) is 0. The highest BCUT2D eigenvalue weighted by molar-refractivity contribution is 5.85. The number of carbonyl (C=O) groups is 1. The predicted octanol–water partition coefficient (Wildman–Crippen LogP) is 0.439. The van der Waals surface area contributed by atoms with Crippen LogP contribution in [0.25, 0.3) is 11.2 Å². The molecule has 0 aromatic carbocycles. The number of rotatable bonds is 6. The summed E-state index contributed by atoms with van der Waals surface area (Å²) < 4.78 is 7.48. The van der Waals surface area contributed by atoms with E-state index in [1.54, 1.807) is 10.9 Å². The zero-order valence-electron chi connectivity index (χ0n) is 15.5. The first-order valence-electron chi connectivity index (χ1n) is 9.49. The van der Waals surface area contributed by atoms with E-state index < -0.39 is 18.4 Å². The van der Waals surface area contributed by atoms with Crippen LogP contribution in [0.4, 0.5) is 0 Å². The van der Waals surface area contributed by atoms with Gasteiger partial charge >= 0.3 is 0 Å². The van der Waals surface area contributed by atoms with Crippen molar-refractivity contribution in [1.82, 2.24) is 24.4 Å². The lowest BCUT2D eigenvalue weighted by Crippen LogP contribution is -2.32. The van der Waals surface area contributed by atoms with Gasteiger partial charge in [-0.05, 0) is 20.3 Å². The van der Waals surface area contributed by atoms with Gasteiger partial charge in [0.05, 0.1) is 24.7 Å². The smallest absolute Gasteiger partial charge is 0.226 e. The second-order valence-corrected chi connectivity index (χ2v) is 7.16. The van der Waals surface area contributed by atoms with E-state index in [0.29, 0.717) is 30.7 Å². The summed E-state index contributed by atoms with van der Waals surface area (Å²) in [6.45, 7) is 5.15. The van der Waals surface area contributed by atoms with Gasteiger partial charge in [-0.3, -0.25) is 9.36 Å². The molecule has 0 unspecified atom stereocenters. The fourth-order valence-corrected chi connectivity index (χ4v) is 3.94. The molecule has 2 fully saturated rings. The number of aliphatic hydroxyl groups is 2. The van der Waals surface area contributed by atoms with Gasteiger partial charge in [0.1, 0.15) is 24.2 Å². The number of ether oxygens (including phenoxy) is 1. The number of nitrogens with zero attached hydrogens (tertiary/aromatic N) is 5. The SMILES string of the molecule is CCN(CC)C(=O)[C@H]1C[C@@H]1c1ncnc2c1ncn2[C@H]1C[C@H](O)[C@@H](CO)O1. The monoisotopic (exact) mass is 375 g/mol. The lowest BCUT2D eigenvalue weighted by molar-refractivity contribution is -0.132. The molecule has 146 valence electrons. The van der Waals surface area contributed by atoms with Crippen molar-refractivity contribution in [2.45, 2.75) is 51.0 Å². The minimum atomic E-state index is -0.724. The highest BCUT2D eigenvalue weighted by Crippen LogP contribution is 2.49. The normalized spacial score (nSPS) is 30.0. The Morgan fingerprint density at radius 1 is 1.30 bits per heavy atom. The Kier molecular flexibility index (Phi) is 4.83. The first-order valence-corrected chi connectivity index (χ1v) is 9.49. The van der Waals surface area contributed by atoms with Crippen molar-refractivity contribution in [3.05, 3.63) is 18.3 Å². The maximum absolute atomic E-state index is 12.6. The molecule has 27 heavy (non-hydrogen) atoms. The van der Waals surface area contributed by atoms with Crippen LogP contribution >= 0.6 is 0 Å². The van der Waals surface area contributed by atoms with Crippen LogP contribution in [-0.4, -0.2) is 72.4 Å². The number of amides is 1. The van der Waals surface area contributed by atoms with Gasteiger partial charge in [0.2, 0.25) is 5.91 Å². The van der Waals surface area contributed by atoms with E-state index in [0.717, 1.165) is 12.1 Å². The summed E-state index contributed by atoms with van der Waals surface area (Å²) in [6, 6.07) is 0. The Morgan fingerprint density at radius 2 is 2.07 bits per heavy atom.